The van der Waals surface area contributed by atoms with E-state index in [-0.39, 0.29) is 5.91 Å². The Morgan fingerprint density at radius 3 is 2.68 bits per heavy atom. The molecule has 5 heteroatoms. The fourth-order valence-corrected chi connectivity index (χ4v) is 3.32. The van der Waals surface area contributed by atoms with Gasteiger partial charge in [-0.2, -0.15) is 5.10 Å². The molecule has 0 radical (unpaired) electrons. The topological polar surface area (TPSA) is 46.9 Å². The largest absolute Gasteiger partial charge is 0.351 e. The lowest BCUT2D eigenvalue weighted by atomic mass is 10.2. The second kappa shape index (κ2) is 8.12. The number of carbonyl (C=O) groups excluding carboxylic acids is 1. The maximum absolute atomic E-state index is 12.7. The summed E-state index contributed by atoms with van der Waals surface area (Å²) in [5, 5.41) is 9.72. The van der Waals surface area contributed by atoms with E-state index in [1.54, 1.807) is 16.0 Å². The van der Waals surface area contributed by atoms with Gasteiger partial charge < -0.3 is 5.32 Å². The first-order valence-corrected chi connectivity index (χ1v) is 9.56. The van der Waals surface area contributed by atoms with E-state index in [0.717, 1.165) is 35.5 Å². The second-order valence-electron chi connectivity index (χ2n) is 6.10. The fraction of sp³-hybridized carbons (Fsp3) is 0.300. The van der Waals surface area contributed by atoms with Crippen LogP contribution in [-0.4, -0.2) is 22.2 Å². The molecule has 1 amide bonds. The van der Waals surface area contributed by atoms with E-state index in [2.05, 4.69) is 17.3 Å². The maximum Gasteiger partial charge on any atom is 0.270 e. The van der Waals surface area contributed by atoms with Crippen LogP contribution < -0.4 is 5.32 Å². The number of benzene rings is 1. The summed E-state index contributed by atoms with van der Waals surface area (Å²) in [6.45, 7) is 4.90. The van der Waals surface area contributed by atoms with Crippen molar-refractivity contribution in [2.24, 2.45) is 0 Å². The number of hydrogen-bond donors (Lipinski definition) is 1. The first-order valence-electron chi connectivity index (χ1n) is 8.68. The normalized spacial score (nSPS) is 10.8. The molecule has 2 aromatic heterocycles. The van der Waals surface area contributed by atoms with Crippen LogP contribution >= 0.6 is 11.3 Å². The molecular weight excluding hydrogens is 330 g/mol. The lowest BCUT2D eigenvalue weighted by molar-refractivity contribution is 0.0945. The van der Waals surface area contributed by atoms with Crippen LogP contribution in [0.15, 0.2) is 47.8 Å². The van der Waals surface area contributed by atoms with E-state index in [4.69, 9.17) is 0 Å². The molecule has 0 aliphatic rings. The van der Waals surface area contributed by atoms with E-state index in [1.807, 2.05) is 54.8 Å². The molecule has 0 saturated heterocycles. The first-order chi connectivity index (χ1) is 12.2. The van der Waals surface area contributed by atoms with Crippen LogP contribution in [0.4, 0.5) is 0 Å². The third-order valence-electron chi connectivity index (χ3n) is 4.06. The molecule has 25 heavy (non-hydrogen) atoms. The van der Waals surface area contributed by atoms with E-state index in [9.17, 15) is 4.79 Å². The van der Waals surface area contributed by atoms with Gasteiger partial charge in [-0.15, -0.1) is 11.3 Å². The maximum atomic E-state index is 12.7. The molecule has 3 aromatic rings. The molecule has 130 valence electrons. The lowest BCUT2D eigenvalue weighted by Crippen LogP contribution is -2.26. The molecular formula is C20H23N3OS. The fourth-order valence-electron chi connectivity index (χ4n) is 2.64. The minimum absolute atomic E-state index is 0.0769. The molecule has 0 spiro atoms. The molecule has 0 atom stereocenters. The summed E-state index contributed by atoms with van der Waals surface area (Å²) in [5.74, 6) is -0.0769. The Kier molecular flexibility index (Phi) is 5.66. The van der Waals surface area contributed by atoms with Crippen LogP contribution in [0.2, 0.25) is 0 Å². The Hall–Kier alpha value is -2.40. The van der Waals surface area contributed by atoms with Crippen LogP contribution in [0.1, 0.15) is 42.2 Å². The van der Waals surface area contributed by atoms with Gasteiger partial charge in [-0.3, -0.25) is 4.79 Å². The van der Waals surface area contributed by atoms with Crippen LogP contribution in [-0.2, 0) is 0 Å². The number of unbranched alkanes of at least 4 members (excludes halogenated alkanes) is 2. The Balaban J connectivity index is 1.91. The van der Waals surface area contributed by atoms with Crippen molar-refractivity contribution in [1.29, 1.82) is 0 Å². The van der Waals surface area contributed by atoms with Gasteiger partial charge in [-0.1, -0.05) is 43.5 Å². The Morgan fingerprint density at radius 2 is 2.00 bits per heavy atom. The zero-order valence-corrected chi connectivity index (χ0v) is 15.5. The Morgan fingerprint density at radius 1 is 1.20 bits per heavy atom. The molecule has 2 heterocycles. The number of nitrogens with zero attached hydrogens (tertiary/aromatic N) is 2. The van der Waals surface area contributed by atoms with E-state index < -0.39 is 0 Å². The average molecular weight is 353 g/mol. The predicted molar refractivity (Wildman–Crippen MR) is 103 cm³/mol. The summed E-state index contributed by atoms with van der Waals surface area (Å²) >= 11 is 1.62. The van der Waals surface area contributed by atoms with Gasteiger partial charge in [0.2, 0.25) is 0 Å². The van der Waals surface area contributed by atoms with Crippen LogP contribution in [0.25, 0.3) is 16.3 Å². The summed E-state index contributed by atoms with van der Waals surface area (Å²) in [4.78, 5) is 13.7. The summed E-state index contributed by atoms with van der Waals surface area (Å²) in [6, 6.07) is 13.9. The monoisotopic (exact) mass is 353 g/mol. The van der Waals surface area contributed by atoms with Gasteiger partial charge >= 0.3 is 0 Å². The summed E-state index contributed by atoms with van der Waals surface area (Å²) < 4.78 is 1.74. The highest BCUT2D eigenvalue weighted by Crippen LogP contribution is 2.26. The van der Waals surface area contributed by atoms with Gasteiger partial charge in [-0.25, -0.2) is 4.68 Å². The first kappa shape index (κ1) is 17.4. The highest BCUT2D eigenvalue weighted by atomic mass is 32.1. The number of carbonyl (C=O) groups is 1. The number of aromatic nitrogens is 2. The molecule has 0 aliphatic heterocycles. The van der Waals surface area contributed by atoms with E-state index in [1.165, 1.54) is 5.56 Å². The zero-order valence-electron chi connectivity index (χ0n) is 14.7. The lowest BCUT2D eigenvalue weighted by Gasteiger charge is -2.08. The van der Waals surface area contributed by atoms with Crippen molar-refractivity contribution in [2.75, 3.05) is 6.54 Å². The molecule has 0 fully saturated rings. The summed E-state index contributed by atoms with van der Waals surface area (Å²) in [5.41, 5.74) is 3.48. The van der Waals surface area contributed by atoms with Gasteiger partial charge in [0.05, 0.1) is 10.6 Å². The minimum atomic E-state index is -0.0769. The molecule has 1 N–H and O–H groups in total. The summed E-state index contributed by atoms with van der Waals surface area (Å²) in [6.07, 6.45) is 3.26. The van der Waals surface area contributed by atoms with Gasteiger partial charge in [0.15, 0.2) is 0 Å². The van der Waals surface area contributed by atoms with E-state index in [0.29, 0.717) is 12.2 Å². The molecule has 1 aromatic carbocycles. The number of rotatable bonds is 7. The average Bonchev–Trinajstić information content (AvgIpc) is 3.28. The van der Waals surface area contributed by atoms with Gasteiger partial charge in [0.1, 0.15) is 11.4 Å². The van der Waals surface area contributed by atoms with Crippen LogP contribution in [0, 0.1) is 6.92 Å². The standard InChI is InChI=1S/C20H23N3OS/c1-3-4-5-12-21-20(24)18-14-17(19-7-6-13-25-19)22-23(18)16-10-8-15(2)9-11-16/h6-11,13-14H,3-5,12H2,1-2H3,(H,21,24). The van der Waals surface area contributed by atoms with Gasteiger partial charge in [0, 0.05) is 6.54 Å². The quantitative estimate of drug-likeness (QED) is 0.619. The Labute approximate surface area is 152 Å². The number of thiophene rings is 1. The van der Waals surface area contributed by atoms with Crippen LogP contribution in [0.3, 0.4) is 0 Å². The van der Waals surface area contributed by atoms with Gasteiger partial charge in [-0.05, 0) is 43.0 Å². The van der Waals surface area contributed by atoms with Crippen LogP contribution in [0.5, 0.6) is 0 Å². The predicted octanol–water partition coefficient (Wildman–Crippen LogP) is 4.83. The van der Waals surface area contributed by atoms with Crippen molar-refractivity contribution >= 4 is 17.2 Å². The number of aryl methyl sites for hydroxylation is 1. The third-order valence-corrected chi connectivity index (χ3v) is 4.95. The van der Waals surface area contributed by atoms with E-state index >= 15 is 0 Å². The SMILES string of the molecule is CCCCCNC(=O)c1cc(-c2cccs2)nn1-c1ccc(C)cc1. The number of nitrogens with one attached hydrogen (secondary N) is 1. The van der Waals surface area contributed by atoms with Crippen molar-refractivity contribution in [1.82, 2.24) is 15.1 Å². The van der Waals surface area contributed by atoms with Crippen molar-refractivity contribution in [3.63, 3.8) is 0 Å². The van der Waals surface area contributed by atoms with Crippen molar-refractivity contribution in [3.8, 4) is 16.3 Å². The van der Waals surface area contributed by atoms with Crippen molar-refractivity contribution in [3.05, 3.63) is 59.1 Å². The molecule has 0 unspecified atom stereocenters. The smallest absolute Gasteiger partial charge is 0.270 e. The Bertz CT molecular complexity index is 819. The number of amides is 1. The highest BCUT2D eigenvalue weighted by Gasteiger charge is 2.17. The third kappa shape index (κ3) is 4.17. The minimum Gasteiger partial charge on any atom is -0.351 e. The summed E-state index contributed by atoms with van der Waals surface area (Å²) in [7, 11) is 0. The number of hydrogen-bond acceptors (Lipinski definition) is 3. The second-order valence-corrected chi connectivity index (χ2v) is 7.05. The van der Waals surface area contributed by atoms with Crippen molar-refractivity contribution in [2.45, 2.75) is 33.1 Å². The molecule has 0 bridgehead atoms. The van der Waals surface area contributed by atoms with Crippen molar-refractivity contribution < 1.29 is 4.79 Å². The highest BCUT2D eigenvalue weighted by molar-refractivity contribution is 7.13. The zero-order chi connectivity index (χ0) is 17.6. The molecule has 4 nitrogen and oxygen atoms in total. The molecule has 3 rings (SSSR count). The molecule has 0 aliphatic carbocycles. The van der Waals surface area contributed by atoms with Gasteiger partial charge in [0.25, 0.3) is 5.91 Å². The molecule has 0 saturated carbocycles.